The van der Waals surface area contributed by atoms with E-state index in [1.165, 1.54) is 0 Å². The van der Waals surface area contributed by atoms with Crippen LogP contribution in [0.1, 0.15) is 5.56 Å². The lowest BCUT2D eigenvalue weighted by molar-refractivity contribution is -0.129. The van der Waals surface area contributed by atoms with Gasteiger partial charge in [0.2, 0.25) is 0 Å². The van der Waals surface area contributed by atoms with Crippen LogP contribution in [0.3, 0.4) is 0 Å². The van der Waals surface area contributed by atoms with Crippen molar-refractivity contribution < 1.29 is 9.53 Å². The van der Waals surface area contributed by atoms with Crippen molar-refractivity contribution in [2.24, 2.45) is 0 Å². The van der Waals surface area contributed by atoms with E-state index in [9.17, 15) is 4.79 Å². The fourth-order valence-electron chi connectivity index (χ4n) is 1.29. The second-order valence-corrected chi connectivity index (χ2v) is 4.16. The summed E-state index contributed by atoms with van der Waals surface area (Å²) in [6.07, 6.45) is 0. The Morgan fingerprint density at radius 2 is 2.36 bits per heavy atom. The van der Waals surface area contributed by atoms with E-state index in [0.717, 1.165) is 15.6 Å². The first kappa shape index (κ1) is 9.49. The monoisotopic (exact) mass is 226 g/mol. The minimum Gasteiger partial charge on any atom is -0.463 e. The van der Waals surface area contributed by atoms with Crippen molar-refractivity contribution in [2.75, 3.05) is 0 Å². The van der Waals surface area contributed by atoms with E-state index < -0.39 is 0 Å². The van der Waals surface area contributed by atoms with E-state index in [2.05, 4.69) is 0 Å². The lowest BCUT2D eigenvalue weighted by Gasteiger charge is -1.97. The molecule has 0 fully saturated rings. The average molecular weight is 227 g/mol. The molecule has 0 spiro atoms. The lowest BCUT2D eigenvalue weighted by Crippen LogP contribution is -1.87. The third kappa shape index (κ3) is 1.74. The molecule has 0 bridgehead atoms. The quantitative estimate of drug-likeness (QED) is 0.752. The van der Waals surface area contributed by atoms with Gasteiger partial charge in [-0.15, -0.1) is 11.3 Å². The summed E-state index contributed by atoms with van der Waals surface area (Å²) in [7, 11) is 0. The number of carbonyl (C=O) groups is 1. The molecule has 0 radical (unpaired) electrons. The smallest absolute Gasteiger partial charge is 0.293 e. The summed E-state index contributed by atoms with van der Waals surface area (Å²) in [5.41, 5.74) is 1.000. The van der Waals surface area contributed by atoms with Gasteiger partial charge in [0, 0.05) is 20.7 Å². The summed E-state index contributed by atoms with van der Waals surface area (Å²) in [4.78, 5) is 10.1. The fourth-order valence-corrected chi connectivity index (χ4v) is 2.39. The van der Waals surface area contributed by atoms with Gasteiger partial charge in [-0.2, -0.15) is 0 Å². The number of halogens is 1. The molecular weight excluding hydrogens is 220 g/mol. The molecule has 2 nitrogen and oxygen atoms in total. The molecule has 1 aromatic carbocycles. The fraction of sp³-hybridized carbons (Fsp3) is 0.100. The molecule has 2 rings (SSSR count). The van der Waals surface area contributed by atoms with Crippen molar-refractivity contribution in [1.82, 2.24) is 0 Å². The van der Waals surface area contributed by atoms with Crippen LogP contribution in [0.4, 0.5) is 0 Å². The maximum Gasteiger partial charge on any atom is 0.293 e. The summed E-state index contributed by atoms with van der Waals surface area (Å²) in [5, 5.41) is 3.73. The highest BCUT2D eigenvalue weighted by Gasteiger charge is 2.04. The van der Waals surface area contributed by atoms with Gasteiger partial charge >= 0.3 is 0 Å². The van der Waals surface area contributed by atoms with Crippen molar-refractivity contribution in [2.45, 2.75) is 6.61 Å². The third-order valence-electron chi connectivity index (χ3n) is 1.92. The Labute approximate surface area is 90.1 Å². The lowest BCUT2D eigenvalue weighted by atomic mass is 10.2. The van der Waals surface area contributed by atoms with Gasteiger partial charge < -0.3 is 4.74 Å². The molecule has 4 heteroatoms. The number of carbonyl (C=O) groups excluding carboxylic acids is 1. The molecule has 0 aliphatic heterocycles. The van der Waals surface area contributed by atoms with E-state index >= 15 is 0 Å². The third-order valence-corrected chi connectivity index (χ3v) is 3.17. The summed E-state index contributed by atoms with van der Waals surface area (Å²) in [5.74, 6) is 0. The van der Waals surface area contributed by atoms with Crippen LogP contribution in [-0.4, -0.2) is 6.47 Å². The normalized spacial score (nSPS) is 10.4. The Morgan fingerprint density at radius 1 is 1.50 bits per heavy atom. The van der Waals surface area contributed by atoms with Crippen LogP contribution in [0.15, 0.2) is 23.6 Å². The first-order valence-electron chi connectivity index (χ1n) is 4.02. The number of rotatable bonds is 3. The van der Waals surface area contributed by atoms with Gasteiger partial charge in [-0.1, -0.05) is 11.6 Å². The van der Waals surface area contributed by atoms with E-state index in [-0.39, 0.29) is 0 Å². The topological polar surface area (TPSA) is 26.3 Å². The molecule has 72 valence electrons. The Hall–Kier alpha value is -1.06. The van der Waals surface area contributed by atoms with Crippen LogP contribution >= 0.6 is 22.9 Å². The zero-order valence-electron chi connectivity index (χ0n) is 7.20. The number of hydrogen-bond acceptors (Lipinski definition) is 3. The molecule has 14 heavy (non-hydrogen) atoms. The first-order chi connectivity index (χ1) is 6.81. The second kappa shape index (κ2) is 3.98. The summed E-state index contributed by atoms with van der Waals surface area (Å²) in [6, 6.07) is 5.70. The van der Waals surface area contributed by atoms with Crippen molar-refractivity contribution in [1.29, 1.82) is 0 Å². The van der Waals surface area contributed by atoms with Gasteiger partial charge in [0.05, 0.1) is 0 Å². The number of fused-ring (bicyclic) bond motifs is 1. The predicted octanol–water partition coefficient (Wildman–Crippen LogP) is 3.23. The predicted molar refractivity (Wildman–Crippen MR) is 57.7 cm³/mol. The standard InChI is InChI=1S/C10H7ClO2S/c11-8-1-2-10-9(3-8)7(5-14-10)4-13-6-12/h1-3,5-6H,4H2. The van der Waals surface area contributed by atoms with Gasteiger partial charge in [-0.25, -0.2) is 0 Å². The zero-order chi connectivity index (χ0) is 9.97. The minimum atomic E-state index is 0.309. The zero-order valence-corrected chi connectivity index (χ0v) is 8.77. The van der Waals surface area contributed by atoms with Gasteiger partial charge in [0.25, 0.3) is 6.47 Å². The SMILES string of the molecule is O=COCc1csc2ccc(Cl)cc12. The molecule has 0 unspecified atom stereocenters. The molecule has 0 aliphatic rings. The van der Waals surface area contributed by atoms with Gasteiger partial charge in [0.15, 0.2) is 0 Å². The van der Waals surface area contributed by atoms with Crippen molar-refractivity contribution in [3.05, 3.63) is 34.2 Å². The van der Waals surface area contributed by atoms with Crippen molar-refractivity contribution in [3.8, 4) is 0 Å². The highest BCUT2D eigenvalue weighted by molar-refractivity contribution is 7.17. The number of ether oxygens (including phenoxy) is 1. The van der Waals surface area contributed by atoms with E-state index in [4.69, 9.17) is 16.3 Å². The molecule has 0 saturated carbocycles. The van der Waals surface area contributed by atoms with Crippen LogP contribution in [-0.2, 0) is 16.1 Å². The van der Waals surface area contributed by atoms with E-state index in [1.54, 1.807) is 11.3 Å². The maximum absolute atomic E-state index is 10.1. The number of thiophene rings is 1. The van der Waals surface area contributed by atoms with Gasteiger partial charge in [0.1, 0.15) is 6.61 Å². The summed E-state index contributed by atoms with van der Waals surface area (Å²) >= 11 is 7.49. The van der Waals surface area contributed by atoms with Crippen LogP contribution < -0.4 is 0 Å². The minimum absolute atomic E-state index is 0.309. The number of hydrogen-bond donors (Lipinski definition) is 0. The highest BCUT2D eigenvalue weighted by atomic mass is 35.5. The van der Waals surface area contributed by atoms with E-state index in [0.29, 0.717) is 18.1 Å². The van der Waals surface area contributed by atoms with E-state index in [1.807, 2.05) is 23.6 Å². The maximum atomic E-state index is 10.1. The average Bonchev–Trinajstić information content (AvgIpc) is 2.57. The Balaban J connectivity index is 2.44. The largest absolute Gasteiger partial charge is 0.463 e. The van der Waals surface area contributed by atoms with Gasteiger partial charge in [-0.3, -0.25) is 4.79 Å². The van der Waals surface area contributed by atoms with Crippen LogP contribution in [0, 0.1) is 0 Å². The highest BCUT2D eigenvalue weighted by Crippen LogP contribution is 2.28. The number of benzene rings is 1. The summed E-state index contributed by atoms with van der Waals surface area (Å²) in [6.45, 7) is 0.762. The molecule has 1 heterocycles. The van der Waals surface area contributed by atoms with Crippen molar-refractivity contribution in [3.63, 3.8) is 0 Å². The molecule has 0 N–H and O–H groups in total. The first-order valence-corrected chi connectivity index (χ1v) is 5.28. The Kier molecular flexibility index (Phi) is 2.70. The van der Waals surface area contributed by atoms with Crippen LogP contribution in [0.2, 0.25) is 5.02 Å². The van der Waals surface area contributed by atoms with Gasteiger partial charge in [-0.05, 0) is 23.6 Å². The molecule has 1 aromatic heterocycles. The van der Waals surface area contributed by atoms with Crippen LogP contribution in [0.25, 0.3) is 10.1 Å². The van der Waals surface area contributed by atoms with Crippen LogP contribution in [0.5, 0.6) is 0 Å². The Bertz CT molecular complexity index is 464. The van der Waals surface area contributed by atoms with Crippen molar-refractivity contribution >= 4 is 39.5 Å². The molecule has 2 aromatic rings. The molecule has 0 atom stereocenters. The Morgan fingerprint density at radius 3 is 3.14 bits per heavy atom. The second-order valence-electron chi connectivity index (χ2n) is 2.81. The molecular formula is C10H7ClO2S. The molecule has 0 saturated heterocycles. The molecule has 0 amide bonds. The molecule has 0 aliphatic carbocycles. The summed E-state index contributed by atoms with van der Waals surface area (Å²) < 4.78 is 5.86.